The topological polar surface area (TPSA) is 38.0 Å². The molecule has 2 heteroatoms. The van der Waals surface area contributed by atoms with Gasteiger partial charge in [-0.25, -0.2) is 0 Å². The second-order valence-corrected chi connectivity index (χ2v) is 4.91. The van der Waals surface area contributed by atoms with Gasteiger partial charge in [0, 0.05) is 5.69 Å². The van der Waals surface area contributed by atoms with Gasteiger partial charge in [0.15, 0.2) is 0 Å². The third-order valence-corrected chi connectivity index (χ3v) is 3.44. The van der Waals surface area contributed by atoms with Gasteiger partial charge in [0.05, 0.1) is 11.4 Å². The fourth-order valence-electron chi connectivity index (χ4n) is 2.05. The summed E-state index contributed by atoms with van der Waals surface area (Å²) in [5, 5.41) is 3.41. The minimum absolute atomic E-state index is 0.829. The lowest BCUT2D eigenvalue weighted by molar-refractivity contribution is 1.33. The van der Waals surface area contributed by atoms with Gasteiger partial charge in [-0.1, -0.05) is 23.8 Å². The number of benzene rings is 2. The number of nitrogens with one attached hydrogen (secondary N) is 1. The highest BCUT2D eigenvalue weighted by Crippen LogP contribution is 2.29. The first kappa shape index (κ1) is 12.5. The predicted octanol–water partition coefficient (Wildman–Crippen LogP) is 4.25. The summed E-state index contributed by atoms with van der Waals surface area (Å²) in [6, 6.07) is 10.5. The second kappa shape index (κ2) is 4.73. The molecule has 18 heavy (non-hydrogen) atoms. The summed E-state index contributed by atoms with van der Waals surface area (Å²) in [7, 11) is 0. The molecule has 0 aliphatic rings. The lowest BCUT2D eigenvalue weighted by atomic mass is 10.1. The predicted molar refractivity (Wildman–Crippen MR) is 79.5 cm³/mol. The van der Waals surface area contributed by atoms with Crippen LogP contribution < -0.4 is 11.1 Å². The molecular formula is C16H20N2. The highest BCUT2D eigenvalue weighted by Gasteiger charge is 2.06. The monoisotopic (exact) mass is 240 g/mol. The summed E-state index contributed by atoms with van der Waals surface area (Å²) >= 11 is 0. The Morgan fingerprint density at radius 2 is 1.50 bits per heavy atom. The van der Waals surface area contributed by atoms with Crippen LogP contribution in [0.15, 0.2) is 30.3 Å². The van der Waals surface area contributed by atoms with Crippen molar-refractivity contribution in [2.24, 2.45) is 0 Å². The van der Waals surface area contributed by atoms with E-state index in [-0.39, 0.29) is 0 Å². The summed E-state index contributed by atoms with van der Waals surface area (Å²) < 4.78 is 0. The van der Waals surface area contributed by atoms with E-state index in [0.29, 0.717) is 0 Å². The Bertz CT molecular complexity index is 586. The first-order valence-electron chi connectivity index (χ1n) is 6.19. The molecular weight excluding hydrogens is 220 g/mol. The number of aryl methyl sites for hydroxylation is 3. The maximum absolute atomic E-state index is 6.15. The Balaban J connectivity index is 2.37. The smallest absolute Gasteiger partial charge is 0.0620 e. The molecule has 94 valence electrons. The molecule has 2 nitrogen and oxygen atoms in total. The Morgan fingerprint density at radius 1 is 0.833 bits per heavy atom. The van der Waals surface area contributed by atoms with Gasteiger partial charge in [0.1, 0.15) is 0 Å². The van der Waals surface area contributed by atoms with Crippen LogP contribution in [0.4, 0.5) is 17.1 Å². The fraction of sp³-hybridized carbons (Fsp3) is 0.250. The van der Waals surface area contributed by atoms with Crippen molar-refractivity contribution in [1.29, 1.82) is 0 Å². The van der Waals surface area contributed by atoms with E-state index in [2.05, 4.69) is 57.3 Å². The molecule has 2 aromatic carbocycles. The van der Waals surface area contributed by atoms with Crippen LogP contribution in [-0.4, -0.2) is 0 Å². The van der Waals surface area contributed by atoms with E-state index in [4.69, 9.17) is 5.73 Å². The molecule has 0 aromatic heterocycles. The summed E-state index contributed by atoms with van der Waals surface area (Å²) in [4.78, 5) is 0. The Hall–Kier alpha value is -1.96. The number of hydrogen-bond acceptors (Lipinski definition) is 2. The van der Waals surface area contributed by atoms with Gasteiger partial charge in [0.25, 0.3) is 0 Å². The van der Waals surface area contributed by atoms with Crippen LogP contribution in [0.1, 0.15) is 22.3 Å². The van der Waals surface area contributed by atoms with Crippen LogP contribution in [0, 0.1) is 27.7 Å². The maximum Gasteiger partial charge on any atom is 0.0620 e. The van der Waals surface area contributed by atoms with Gasteiger partial charge >= 0.3 is 0 Å². The van der Waals surface area contributed by atoms with Gasteiger partial charge in [-0.3, -0.25) is 0 Å². The van der Waals surface area contributed by atoms with Gasteiger partial charge in [-0.05, 0) is 56.5 Å². The zero-order chi connectivity index (χ0) is 13.3. The molecule has 0 fully saturated rings. The minimum Gasteiger partial charge on any atom is -0.397 e. The lowest BCUT2D eigenvalue weighted by Gasteiger charge is -2.15. The van der Waals surface area contributed by atoms with Crippen LogP contribution in [0.3, 0.4) is 0 Å². The van der Waals surface area contributed by atoms with Crippen molar-refractivity contribution in [3.63, 3.8) is 0 Å². The molecule has 0 radical (unpaired) electrons. The number of nitrogen functional groups attached to an aromatic ring is 1. The summed E-state index contributed by atoms with van der Waals surface area (Å²) in [5.74, 6) is 0. The van der Waals surface area contributed by atoms with Gasteiger partial charge in [-0.2, -0.15) is 0 Å². The molecule has 0 aliphatic heterocycles. The van der Waals surface area contributed by atoms with Crippen molar-refractivity contribution in [2.75, 3.05) is 11.1 Å². The van der Waals surface area contributed by atoms with Gasteiger partial charge in [0.2, 0.25) is 0 Å². The molecule has 0 bridgehead atoms. The number of hydrogen-bond donors (Lipinski definition) is 2. The van der Waals surface area contributed by atoms with Crippen molar-refractivity contribution < 1.29 is 0 Å². The van der Waals surface area contributed by atoms with E-state index in [1.807, 2.05) is 6.07 Å². The van der Waals surface area contributed by atoms with Crippen molar-refractivity contribution in [3.05, 3.63) is 52.6 Å². The molecule has 0 saturated carbocycles. The average Bonchev–Trinajstić information content (AvgIpc) is 2.33. The molecule has 0 spiro atoms. The lowest BCUT2D eigenvalue weighted by Crippen LogP contribution is -2.01. The second-order valence-electron chi connectivity index (χ2n) is 4.91. The molecule has 0 saturated heterocycles. The van der Waals surface area contributed by atoms with Crippen LogP contribution in [0.25, 0.3) is 0 Å². The zero-order valence-electron chi connectivity index (χ0n) is 11.5. The van der Waals surface area contributed by atoms with Crippen LogP contribution in [-0.2, 0) is 0 Å². The van der Waals surface area contributed by atoms with Crippen LogP contribution in [0.2, 0.25) is 0 Å². The van der Waals surface area contributed by atoms with Crippen molar-refractivity contribution >= 4 is 17.1 Å². The van der Waals surface area contributed by atoms with E-state index in [1.54, 1.807) is 0 Å². The van der Waals surface area contributed by atoms with Crippen LogP contribution >= 0.6 is 0 Å². The standard InChI is InChI=1S/C16H20N2/c1-10-5-7-14(12(3)9-10)18-15-8-6-11(2)13(4)16(15)17/h5-9,18H,17H2,1-4H3. The third-order valence-electron chi connectivity index (χ3n) is 3.44. The highest BCUT2D eigenvalue weighted by molar-refractivity contribution is 5.77. The molecule has 0 atom stereocenters. The molecule has 2 rings (SSSR count). The Kier molecular flexibility index (Phi) is 3.28. The fourth-order valence-corrected chi connectivity index (χ4v) is 2.05. The molecule has 2 aromatic rings. The number of anilines is 3. The minimum atomic E-state index is 0.829. The third kappa shape index (κ3) is 2.33. The SMILES string of the molecule is Cc1ccc(Nc2ccc(C)c(C)c2N)c(C)c1. The largest absolute Gasteiger partial charge is 0.397 e. The van der Waals surface area contributed by atoms with E-state index < -0.39 is 0 Å². The first-order chi connectivity index (χ1) is 8.49. The van der Waals surface area contributed by atoms with E-state index in [0.717, 1.165) is 22.6 Å². The normalized spacial score (nSPS) is 10.4. The summed E-state index contributed by atoms with van der Waals surface area (Å²) in [6.07, 6.45) is 0. The Labute approximate surface area is 109 Å². The molecule has 0 aliphatic carbocycles. The van der Waals surface area contributed by atoms with Crippen LogP contribution in [0.5, 0.6) is 0 Å². The summed E-state index contributed by atoms with van der Waals surface area (Å²) in [5.41, 5.74) is 13.9. The van der Waals surface area contributed by atoms with E-state index >= 15 is 0 Å². The first-order valence-corrected chi connectivity index (χ1v) is 6.19. The summed E-state index contributed by atoms with van der Waals surface area (Å²) in [6.45, 7) is 8.33. The molecule has 0 amide bonds. The Morgan fingerprint density at radius 3 is 2.17 bits per heavy atom. The molecule has 0 heterocycles. The van der Waals surface area contributed by atoms with E-state index in [9.17, 15) is 0 Å². The quantitative estimate of drug-likeness (QED) is 0.770. The maximum atomic E-state index is 6.15. The molecule has 0 unspecified atom stereocenters. The zero-order valence-corrected chi connectivity index (χ0v) is 11.5. The average molecular weight is 240 g/mol. The van der Waals surface area contributed by atoms with Crippen molar-refractivity contribution in [2.45, 2.75) is 27.7 Å². The van der Waals surface area contributed by atoms with Gasteiger partial charge < -0.3 is 11.1 Å². The number of rotatable bonds is 2. The number of nitrogens with two attached hydrogens (primary N) is 1. The highest BCUT2D eigenvalue weighted by atomic mass is 14.9. The van der Waals surface area contributed by atoms with Crippen molar-refractivity contribution in [3.8, 4) is 0 Å². The molecule has 3 N–H and O–H groups in total. The van der Waals surface area contributed by atoms with E-state index in [1.165, 1.54) is 16.7 Å². The van der Waals surface area contributed by atoms with Crippen molar-refractivity contribution in [1.82, 2.24) is 0 Å². The van der Waals surface area contributed by atoms with Gasteiger partial charge in [-0.15, -0.1) is 0 Å².